The Morgan fingerprint density at radius 3 is 2.59 bits per heavy atom. The van der Waals surface area contributed by atoms with Crippen LogP contribution in [0.3, 0.4) is 0 Å². The lowest BCUT2D eigenvalue weighted by molar-refractivity contribution is -0.127. The highest BCUT2D eigenvalue weighted by atomic mass is 127. The van der Waals surface area contributed by atoms with Crippen molar-refractivity contribution >= 4 is 38.5 Å². The Bertz CT molecular complexity index is 1230. The zero-order chi connectivity index (χ0) is 24.3. The van der Waals surface area contributed by atoms with Crippen molar-refractivity contribution in [2.24, 2.45) is 10.3 Å². The molecule has 2 aromatic carbocycles. The second-order valence-corrected chi connectivity index (χ2v) is 12.4. The molecule has 0 radical (unpaired) electrons. The molecule has 0 aromatic heterocycles. The van der Waals surface area contributed by atoms with E-state index in [2.05, 4.69) is 44.3 Å². The van der Waals surface area contributed by atoms with E-state index in [0.29, 0.717) is 18.7 Å². The van der Waals surface area contributed by atoms with Gasteiger partial charge in [-0.3, -0.25) is 9.80 Å². The lowest BCUT2D eigenvalue weighted by Gasteiger charge is -2.36. The zero-order valence-electron chi connectivity index (χ0n) is 18.7. The highest BCUT2D eigenvalue weighted by Gasteiger charge is 2.45. The molecule has 34 heavy (non-hydrogen) atoms. The van der Waals surface area contributed by atoms with E-state index in [4.69, 9.17) is 5.26 Å². The third-order valence-electron chi connectivity index (χ3n) is 5.93. The maximum atomic E-state index is 13.4. The SMILES string of the molecule is Cc1ccc(S(=O)(=O)N2CCNC(=O)C2CC2(I)CN(CCc3ccc(C#N)cc3)N=N2)cc1. The van der Waals surface area contributed by atoms with Gasteiger partial charge < -0.3 is 5.32 Å². The summed E-state index contributed by atoms with van der Waals surface area (Å²) in [6.07, 6.45) is 0.955. The number of aryl methyl sites for hydroxylation is 1. The minimum Gasteiger partial charge on any atom is -0.353 e. The molecule has 9 nitrogen and oxygen atoms in total. The number of piperazine rings is 1. The predicted octanol–water partition coefficient (Wildman–Crippen LogP) is 2.80. The third-order valence-corrected chi connectivity index (χ3v) is 8.85. The maximum Gasteiger partial charge on any atom is 0.243 e. The number of nitrogens with zero attached hydrogens (tertiary/aromatic N) is 5. The van der Waals surface area contributed by atoms with Crippen molar-refractivity contribution in [2.75, 3.05) is 26.2 Å². The lowest BCUT2D eigenvalue weighted by atomic mass is 10.0. The molecular formula is C23H25IN6O3S. The summed E-state index contributed by atoms with van der Waals surface area (Å²) in [5, 5.41) is 22.3. The minimum atomic E-state index is -3.83. The summed E-state index contributed by atoms with van der Waals surface area (Å²) >= 11 is 2.17. The Balaban J connectivity index is 1.44. The number of hydrogen-bond acceptors (Lipinski definition) is 7. The molecule has 0 saturated carbocycles. The maximum absolute atomic E-state index is 13.4. The second-order valence-electron chi connectivity index (χ2n) is 8.49. The van der Waals surface area contributed by atoms with E-state index in [-0.39, 0.29) is 30.3 Å². The van der Waals surface area contributed by atoms with Crippen molar-refractivity contribution in [3.63, 3.8) is 0 Å². The van der Waals surface area contributed by atoms with Crippen LogP contribution in [0, 0.1) is 18.3 Å². The fraction of sp³-hybridized carbons (Fsp3) is 0.391. The number of carbonyl (C=O) groups excluding carboxylic acids is 1. The largest absolute Gasteiger partial charge is 0.353 e. The quantitative estimate of drug-likeness (QED) is 0.302. The normalized spacial score (nSPS) is 23.0. The first-order chi connectivity index (χ1) is 16.2. The van der Waals surface area contributed by atoms with Crippen LogP contribution in [0.15, 0.2) is 63.8 Å². The van der Waals surface area contributed by atoms with Crippen LogP contribution in [0.5, 0.6) is 0 Å². The van der Waals surface area contributed by atoms with Gasteiger partial charge >= 0.3 is 0 Å². The summed E-state index contributed by atoms with van der Waals surface area (Å²) in [5.41, 5.74) is 2.67. The van der Waals surface area contributed by atoms with Crippen molar-refractivity contribution in [3.05, 3.63) is 65.2 Å². The highest BCUT2D eigenvalue weighted by molar-refractivity contribution is 14.1. The molecule has 1 fully saturated rings. The molecule has 0 spiro atoms. The summed E-state index contributed by atoms with van der Waals surface area (Å²) in [5.74, 6) is -0.316. The topological polar surface area (TPSA) is 118 Å². The fourth-order valence-electron chi connectivity index (χ4n) is 4.04. The number of sulfonamides is 1. The Morgan fingerprint density at radius 1 is 1.21 bits per heavy atom. The Kier molecular flexibility index (Phi) is 7.20. The molecule has 0 aliphatic carbocycles. The van der Waals surface area contributed by atoms with Crippen LogP contribution in [0.1, 0.15) is 23.1 Å². The van der Waals surface area contributed by atoms with Gasteiger partial charge in [-0.25, -0.2) is 8.42 Å². The van der Waals surface area contributed by atoms with Crippen molar-refractivity contribution in [1.29, 1.82) is 5.26 Å². The van der Waals surface area contributed by atoms with Gasteiger partial charge in [0.1, 0.15) is 6.04 Å². The molecule has 2 aliphatic heterocycles. The molecule has 4 rings (SSSR count). The van der Waals surface area contributed by atoms with E-state index in [1.165, 1.54) is 4.31 Å². The fourth-order valence-corrected chi connectivity index (χ4v) is 6.53. The average molecular weight is 592 g/mol. The molecule has 1 saturated heterocycles. The van der Waals surface area contributed by atoms with Gasteiger partial charge in [-0.15, -0.1) is 0 Å². The number of nitrogens with one attached hydrogen (secondary N) is 1. The number of alkyl halides is 1. The molecule has 1 N–H and O–H groups in total. The summed E-state index contributed by atoms with van der Waals surface area (Å²) < 4.78 is 27.3. The van der Waals surface area contributed by atoms with Gasteiger partial charge in [0.05, 0.1) is 23.1 Å². The van der Waals surface area contributed by atoms with E-state index in [9.17, 15) is 13.2 Å². The monoisotopic (exact) mass is 592 g/mol. The Morgan fingerprint density at radius 2 is 1.91 bits per heavy atom. The van der Waals surface area contributed by atoms with Crippen molar-refractivity contribution in [2.45, 2.75) is 34.2 Å². The van der Waals surface area contributed by atoms with E-state index in [0.717, 1.165) is 17.5 Å². The van der Waals surface area contributed by atoms with E-state index >= 15 is 0 Å². The van der Waals surface area contributed by atoms with Crippen LogP contribution in [0.25, 0.3) is 0 Å². The second kappa shape index (κ2) is 9.97. The molecule has 1 amide bonds. The first-order valence-corrected chi connectivity index (χ1v) is 13.4. The Hall–Kier alpha value is -2.56. The number of nitriles is 1. The van der Waals surface area contributed by atoms with Gasteiger partial charge in [0.15, 0.2) is 3.55 Å². The Labute approximate surface area is 213 Å². The van der Waals surface area contributed by atoms with Gasteiger partial charge in [-0.2, -0.15) is 14.7 Å². The lowest BCUT2D eigenvalue weighted by Crippen LogP contribution is -2.58. The number of amides is 1. The average Bonchev–Trinajstić information content (AvgIpc) is 3.20. The number of hydrogen-bond donors (Lipinski definition) is 1. The third kappa shape index (κ3) is 5.39. The first-order valence-electron chi connectivity index (χ1n) is 10.9. The standard InChI is InChI=1S/C23H25IN6O3S/c1-17-2-8-20(9-3-17)34(32,33)30-13-11-26-22(31)21(30)14-23(24)16-29(28-27-23)12-10-18-4-6-19(15-25)7-5-18/h2-9,21H,10-14,16H2,1H3,(H,26,31). The summed E-state index contributed by atoms with van der Waals surface area (Å²) in [4.78, 5) is 13.0. The predicted molar refractivity (Wildman–Crippen MR) is 135 cm³/mol. The highest BCUT2D eigenvalue weighted by Crippen LogP contribution is 2.36. The molecular weight excluding hydrogens is 567 g/mol. The molecule has 0 bridgehead atoms. The van der Waals surface area contributed by atoms with Crippen LogP contribution in [-0.4, -0.2) is 59.4 Å². The van der Waals surface area contributed by atoms with Gasteiger partial charge in [0.25, 0.3) is 0 Å². The first kappa shape index (κ1) is 24.6. The summed E-state index contributed by atoms with van der Waals surface area (Å²) in [7, 11) is -3.83. The molecule has 2 aromatic rings. The summed E-state index contributed by atoms with van der Waals surface area (Å²) in [6, 6.07) is 15.3. The van der Waals surface area contributed by atoms with Crippen molar-refractivity contribution in [1.82, 2.24) is 14.6 Å². The molecule has 178 valence electrons. The zero-order valence-corrected chi connectivity index (χ0v) is 21.7. The molecule has 2 heterocycles. The van der Waals surface area contributed by atoms with E-state index in [1.54, 1.807) is 36.4 Å². The minimum absolute atomic E-state index is 0.178. The number of halogens is 1. The van der Waals surface area contributed by atoms with Gasteiger partial charge in [0, 0.05) is 26.1 Å². The van der Waals surface area contributed by atoms with E-state index < -0.39 is 19.6 Å². The number of rotatable bonds is 7. The van der Waals surface area contributed by atoms with Gasteiger partial charge in [0.2, 0.25) is 15.9 Å². The van der Waals surface area contributed by atoms with Crippen molar-refractivity contribution < 1.29 is 13.2 Å². The number of carbonyl (C=O) groups is 1. The number of benzene rings is 2. The van der Waals surface area contributed by atoms with Gasteiger partial charge in [-0.1, -0.05) is 35.1 Å². The van der Waals surface area contributed by atoms with Crippen molar-refractivity contribution in [3.8, 4) is 6.07 Å². The van der Waals surface area contributed by atoms with Crippen LogP contribution in [0.2, 0.25) is 0 Å². The van der Waals surface area contributed by atoms with Crippen LogP contribution in [0.4, 0.5) is 0 Å². The summed E-state index contributed by atoms with van der Waals surface area (Å²) in [6.45, 7) is 3.48. The van der Waals surface area contributed by atoms with Crippen LogP contribution in [-0.2, 0) is 21.2 Å². The molecule has 2 atom stereocenters. The van der Waals surface area contributed by atoms with Gasteiger partial charge in [-0.05, 0) is 65.8 Å². The van der Waals surface area contributed by atoms with Crippen LogP contribution >= 0.6 is 22.6 Å². The molecule has 2 aliphatic rings. The molecule has 2 unspecified atom stereocenters. The van der Waals surface area contributed by atoms with Crippen LogP contribution < -0.4 is 5.32 Å². The molecule has 11 heteroatoms. The smallest absolute Gasteiger partial charge is 0.243 e. The van der Waals surface area contributed by atoms with E-state index in [1.807, 2.05) is 24.1 Å².